The van der Waals surface area contributed by atoms with E-state index in [1.165, 1.54) is 6.42 Å². The third kappa shape index (κ3) is 3.34. The summed E-state index contributed by atoms with van der Waals surface area (Å²) in [7, 11) is 0. The van der Waals surface area contributed by atoms with Crippen molar-refractivity contribution in [1.82, 2.24) is 19.4 Å². The maximum absolute atomic E-state index is 6.07. The number of fused-ring (bicyclic) bond motifs is 1. The molecule has 8 heteroatoms. The number of hydrogen-bond acceptors (Lipinski definition) is 7. The van der Waals surface area contributed by atoms with Gasteiger partial charge < -0.3 is 15.4 Å². The zero-order chi connectivity index (χ0) is 19.8. The van der Waals surface area contributed by atoms with Crippen molar-refractivity contribution < 1.29 is 4.74 Å². The fourth-order valence-corrected chi connectivity index (χ4v) is 5.56. The van der Waals surface area contributed by atoms with Gasteiger partial charge in [-0.05, 0) is 37.2 Å². The Morgan fingerprint density at radius 1 is 1.14 bits per heavy atom. The number of rotatable bonds is 4. The van der Waals surface area contributed by atoms with Gasteiger partial charge in [0.25, 0.3) is 0 Å². The number of nitrogens with two attached hydrogens (primary N) is 1. The summed E-state index contributed by atoms with van der Waals surface area (Å²) in [6.45, 7) is 5.95. The average molecular weight is 411 g/mol. The highest BCUT2D eigenvalue weighted by molar-refractivity contribution is 7.99. The molecule has 0 unspecified atom stereocenters. The lowest BCUT2D eigenvalue weighted by atomic mass is 9.78. The summed E-state index contributed by atoms with van der Waals surface area (Å²) in [6, 6.07) is 2.01. The van der Waals surface area contributed by atoms with Crippen LogP contribution in [0.4, 0.5) is 11.8 Å². The summed E-state index contributed by atoms with van der Waals surface area (Å²) < 4.78 is 7.78. The molecule has 0 amide bonds. The first-order valence-corrected chi connectivity index (χ1v) is 11.1. The number of imidazole rings is 1. The SMILES string of the molecule is CCc1c(Sc2cnc(N3CCC4(CCOC4)CC3)n3ccnc23)ccnc1N. The van der Waals surface area contributed by atoms with Crippen molar-refractivity contribution in [3.63, 3.8) is 0 Å². The second kappa shape index (κ2) is 7.50. The minimum absolute atomic E-state index is 0.387. The Hall–Kier alpha value is -2.32. The lowest BCUT2D eigenvalue weighted by molar-refractivity contribution is 0.133. The van der Waals surface area contributed by atoms with E-state index < -0.39 is 0 Å². The normalized spacial score (nSPS) is 18.7. The van der Waals surface area contributed by atoms with Crippen LogP contribution in [0.25, 0.3) is 5.65 Å². The largest absolute Gasteiger partial charge is 0.383 e. The molecule has 2 N–H and O–H groups in total. The van der Waals surface area contributed by atoms with Gasteiger partial charge in [-0.1, -0.05) is 18.7 Å². The molecule has 5 rings (SSSR count). The Labute approximate surface area is 174 Å². The second-order valence-electron chi connectivity index (χ2n) is 7.96. The lowest BCUT2D eigenvalue weighted by Crippen LogP contribution is -2.41. The average Bonchev–Trinajstić information content (AvgIpc) is 3.40. The number of pyridine rings is 1. The maximum atomic E-state index is 6.07. The lowest BCUT2D eigenvalue weighted by Gasteiger charge is -2.38. The first-order valence-electron chi connectivity index (χ1n) is 10.3. The van der Waals surface area contributed by atoms with Crippen molar-refractivity contribution in [1.29, 1.82) is 0 Å². The standard InChI is InChI=1S/C21H26N6OS/c1-2-15-16(3-7-23-18(15)22)29-17-13-25-20(27-11-8-24-19(17)27)26-9-4-21(5-10-26)6-12-28-14-21/h3,7-8,11,13H,2,4-6,9-10,12,14H2,1H3,(H2,22,23). The summed E-state index contributed by atoms with van der Waals surface area (Å²) in [5.41, 5.74) is 8.47. The minimum atomic E-state index is 0.387. The van der Waals surface area contributed by atoms with E-state index in [0.29, 0.717) is 11.2 Å². The van der Waals surface area contributed by atoms with Crippen LogP contribution in [-0.2, 0) is 11.2 Å². The third-order valence-electron chi connectivity index (χ3n) is 6.29. The number of nitrogen functional groups attached to an aromatic ring is 1. The number of anilines is 2. The molecule has 0 saturated carbocycles. The second-order valence-corrected chi connectivity index (χ2v) is 9.05. The Morgan fingerprint density at radius 3 is 2.76 bits per heavy atom. The van der Waals surface area contributed by atoms with E-state index in [-0.39, 0.29) is 0 Å². The molecule has 2 aliphatic heterocycles. The van der Waals surface area contributed by atoms with Gasteiger partial charge in [-0.2, -0.15) is 0 Å². The van der Waals surface area contributed by atoms with Crippen molar-refractivity contribution >= 4 is 29.2 Å². The molecule has 0 bridgehead atoms. The molecule has 2 fully saturated rings. The molecule has 2 saturated heterocycles. The number of hydrogen-bond donors (Lipinski definition) is 1. The molecule has 152 valence electrons. The maximum Gasteiger partial charge on any atom is 0.211 e. The molecular formula is C21H26N6OS. The third-order valence-corrected chi connectivity index (χ3v) is 7.40. The van der Waals surface area contributed by atoms with Gasteiger partial charge in [0.2, 0.25) is 5.95 Å². The molecule has 0 radical (unpaired) electrons. The van der Waals surface area contributed by atoms with Gasteiger partial charge in [0.15, 0.2) is 5.65 Å². The summed E-state index contributed by atoms with van der Waals surface area (Å²) in [6.07, 6.45) is 11.9. The monoisotopic (exact) mass is 410 g/mol. The Balaban J connectivity index is 1.43. The Kier molecular flexibility index (Phi) is 4.83. The number of nitrogens with zero attached hydrogens (tertiary/aromatic N) is 5. The molecule has 3 aromatic rings. The summed E-state index contributed by atoms with van der Waals surface area (Å²) in [5, 5.41) is 0. The highest BCUT2D eigenvalue weighted by Crippen LogP contribution is 2.40. The fraction of sp³-hybridized carbons (Fsp3) is 0.476. The first-order chi connectivity index (χ1) is 14.2. The van der Waals surface area contributed by atoms with Gasteiger partial charge in [-0.15, -0.1) is 0 Å². The van der Waals surface area contributed by atoms with Gasteiger partial charge in [0.05, 0.1) is 11.5 Å². The van der Waals surface area contributed by atoms with Crippen LogP contribution in [0.5, 0.6) is 0 Å². The van der Waals surface area contributed by atoms with Crippen LogP contribution in [-0.4, -0.2) is 45.7 Å². The summed E-state index contributed by atoms with van der Waals surface area (Å²) in [5.74, 6) is 1.57. The number of piperidine rings is 1. The van der Waals surface area contributed by atoms with Crippen LogP contribution in [0.3, 0.4) is 0 Å². The smallest absolute Gasteiger partial charge is 0.211 e. The predicted octanol–water partition coefficient (Wildman–Crippen LogP) is 3.43. The van der Waals surface area contributed by atoms with Gasteiger partial charge in [-0.3, -0.25) is 4.40 Å². The Bertz CT molecular complexity index is 1020. The number of ether oxygens (including phenoxy) is 1. The van der Waals surface area contributed by atoms with Gasteiger partial charge >= 0.3 is 0 Å². The van der Waals surface area contributed by atoms with E-state index in [9.17, 15) is 0 Å². The van der Waals surface area contributed by atoms with E-state index >= 15 is 0 Å². The molecule has 0 aliphatic carbocycles. The van der Waals surface area contributed by atoms with Crippen LogP contribution in [0, 0.1) is 5.41 Å². The first kappa shape index (κ1) is 18.7. The van der Waals surface area contributed by atoms with Gasteiger partial charge in [-0.25, -0.2) is 15.0 Å². The van der Waals surface area contributed by atoms with E-state index in [4.69, 9.17) is 15.5 Å². The van der Waals surface area contributed by atoms with E-state index in [1.807, 2.05) is 24.7 Å². The van der Waals surface area contributed by atoms with E-state index in [2.05, 4.69) is 26.2 Å². The van der Waals surface area contributed by atoms with Crippen molar-refractivity contribution in [3.8, 4) is 0 Å². The van der Waals surface area contributed by atoms with Crippen LogP contribution >= 0.6 is 11.8 Å². The highest BCUT2D eigenvalue weighted by atomic mass is 32.2. The predicted molar refractivity (Wildman–Crippen MR) is 114 cm³/mol. The number of aromatic nitrogens is 4. The van der Waals surface area contributed by atoms with Gasteiger partial charge in [0.1, 0.15) is 5.82 Å². The van der Waals surface area contributed by atoms with Crippen molar-refractivity contribution in [2.45, 2.75) is 42.4 Å². The zero-order valence-electron chi connectivity index (χ0n) is 16.7. The molecule has 0 aromatic carbocycles. The highest BCUT2D eigenvalue weighted by Gasteiger charge is 2.38. The Morgan fingerprint density at radius 2 is 2.00 bits per heavy atom. The molecule has 2 aliphatic rings. The van der Waals surface area contributed by atoms with Crippen molar-refractivity contribution in [2.75, 3.05) is 36.9 Å². The molecular weight excluding hydrogens is 384 g/mol. The molecule has 3 aromatic heterocycles. The van der Waals surface area contributed by atoms with Crippen LogP contribution in [0.1, 0.15) is 31.7 Å². The van der Waals surface area contributed by atoms with Crippen LogP contribution < -0.4 is 10.6 Å². The van der Waals surface area contributed by atoms with Crippen molar-refractivity contribution in [2.24, 2.45) is 5.41 Å². The molecule has 29 heavy (non-hydrogen) atoms. The van der Waals surface area contributed by atoms with E-state index in [1.54, 1.807) is 18.0 Å². The van der Waals surface area contributed by atoms with Gasteiger partial charge in [0, 0.05) is 54.9 Å². The fourth-order valence-electron chi connectivity index (χ4n) is 4.47. The zero-order valence-corrected chi connectivity index (χ0v) is 17.5. The van der Waals surface area contributed by atoms with Crippen LogP contribution in [0.15, 0.2) is 40.6 Å². The van der Waals surface area contributed by atoms with Crippen molar-refractivity contribution in [3.05, 3.63) is 36.4 Å². The topological polar surface area (TPSA) is 81.6 Å². The minimum Gasteiger partial charge on any atom is -0.383 e. The summed E-state index contributed by atoms with van der Waals surface area (Å²) in [4.78, 5) is 18.2. The molecule has 1 spiro atoms. The molecule has 0 atom stereocenters. The van der Waals surface area contributed by atoms with Crippen LogP contribution in [0.2, 0.25) is 0 Å². The molecule has 7 nitrogen and oxygen atoms in total. The quantitative estimate of drug-likeness (QED) is 0.706. The molecule has 5 heterocycles. The van der Waals surface area contributed by atoms with E-state index in [0.717, 1.165) is 72.5 Å². The summed E-state index contributed by atoms with van der Waals surface area (Å²) >= 11 is 1.66.